The van der Waals surface area contributed by atoms with E-state index in [0.717, 1.165) is 24.0 Å². The highest BCUT2D eigenvalue weighted by atomic mass is 16.1. The van der Waals surface area contributed by atoms with Gasteiger partial charge in [0, 0.05) is 11.5 Å². The lowest BCUT2D eigenvalue weighted by Crippen LogP contribution is -2.20. The third kappa shape index (κ3) is 1.63. The molecule has 1 aliphatic rings. The van der Waals surface area contributed by atoms with Crippen molar-refractivity contribution in [2.45, 2.75) is 26.7 Å². The molecule has 78 valence electrons. The molecule has 2 rings (SSSR count). The summed E-state index contributed by atoms with van der Waals surface area (Å²) in [6, 6.07) is 7.88. The Morgan fingerprint density at radius 2 is 1.93 bits per heavy atom. The largest absolute Gasteiger partial charge is 0.293 e. The Balaban J connectivity index is 2.54. The molecule has 0 amide bonds. The first-order chi connectivity index (χ1) is 7.27. The summed E-state index contributed by atoms with van der Waals surface area (Å²) in [5, 5.41) is 0. The summed E-state index contributed by atoms with van der Waals surface area (Å²) < 4.78 is 0. The number of allylic oxidation sites excluding steroid dienone is 1. The van der Waals surface area contributed by atoms with Crippen LogP contribution in [-0.4, -0.2) is 5.78 Å². The van der Waals surface area contributed by atoms with Crippen LogP contribution in [0.3, 0.4) is 0 Å². The van der Waals surface area contributed by atoms with Crippen molar-refractivity contribution in [2.24, 2.45) is 5.92 Å². The average Bonchev–Trinajstić information content (AvgIpc) is 2.29. The Kier molecular flexibility index (Phi) is 2.72. The predicted molar refractivity (Wildman–Crippen MR) is 62.8 cm³/mol. The van der Waals surface area contributed by atoms with Crippen LogP contribution in [0.2, 0.25) is 0 Å². The number of carbonyl (C=O) groups is 1. The summed E-state index contributed by atoms with van der Waals surface area (Å²) in [5.41, 5.74) is 3.26. The van der Waals surface area contributed by atoms with Gasteiger partial charge in [-0.1, -0.05) is 49.8 Å². The molecule has 0 bridgehead atoms. The van der Waals surface area contributed by atoms with Gasteiger partial charge in [-0.25, -0.2) is 0 Å². The molecular formula is C14H16O. The summed E-state index contributed by atoms with van der Waals surface area (Å²) in [4.78, 5) is 12.2. The maximum Gasteiger partial charge on any atom is 0.170 e. The second kappa shape index (κ2) is 4.01. The van der Waals surface area contributed by atoms with Crippen molar-refractivity contribution in [1.82, 2.24) is 0 Å². The van der Waals surface area contributed by atoms with E-state index in [1.54, 1.807) is 0 Å². The van der Waals surface area contributed by atoms with Crippen molar-refractivity contribution in [3.63, 3.8) is 0 Å². The highest BCUT2D eigenvalue weighted by molar-refractivity contribution is 6.05. The van der Waals surface area contributed by atoms with Crippen molar-refractivity contribution in [3.8, 4) is 0 Å². The summed E-state index contributed by atoms with van der Waals surface area (Å²) in [6.07, 6.45) is 4.07. The van der Waals surface area contributed by atoms with Gasteiger partial charge in [-0.05, 0) is 18.4 Å². The number of ketones is 1. The minimum absolute atomic E-state index is 0.116. The Bertz CT molecular complexity index is 415. The van der Waals surface area contributed by atoms with E-state index in [9.17, 15) is 4.79 Å². The van der Waals surface area contributed by atoms with Crippen molar-refractivity contribution in [2.75, 3.05) is 0 Å². The van der Waals surface area contributed by atoms with Crippen LogP contribution in [0.4, 0.5) is 0 Å². The lowest BCUT2D eigenvalue weighted by atomic mass is 9.80. The lowest BCUT2D eigenvalue weighted by Gasteiger charge is -2.23. The first-order valence-corrected chi connectivity index (χ1v) is 5.61. The predicted octanol–water partition coefficient (Wildman–Crippen LogP) is 3.70. The molecule has 1 heteroatoms. The molecule has 0 fully saturated rings. The molecular weight excluding hydrogens is 184 g/mol. The molecule has 0 aliphatic heterocycles. The van der Waals surface area contributed by atoms with Crippen molar-refractivity contribution < 1.29 is 4.79 Å². The number of hydrogen-bond donors (Lipinski definition) is 0. The number of Topliss-reactive ketones (excluding diaryl/α,β-unsaturated/α-hetero) is 1. The number of rotatable bonds is 2. The first-order valence-electron chi connectivity index (χ1n) is 5.61. The highest BCUT2D eigenvalue weighted by Crippen LogP contribution is 2.31. The molecule has 1 atom stereocenters. The Hall–Kier alpha value is -1.37. The Labute approximate surface area is 90.8 Å². The SMILES string of the molecule is CCC1=Cc2ccccc2C(=O)C1CC. The minimum atomic E-state index is 0.116. The van der Waals surface area contributed by atoms with E-state index in [4.69, 9.17) is 0 Å². The standard InChI is InChI=1S/C14H16O/c1-3-10-9-11-7-5-6-8-13(11)14(15)12(10)4-2/h5-9,12H,3-4H2,1-2H3. The summed E-state index contributed by atoms with van der Waals surface area (Å²) >= 11 is 0. The minimum Gasteiger partial charge on any atom is -0.293 e. The topological polar surface area (TPSA) is 17.1 Å². The van der Waals surface area contributed by atoms with Crippen LogP contribution >= 0.6 is 0 Å². The fourth-order valence-corrected chi connectivity index (χ4v) is 2.30. The smallest absolute Gasteiger partial charge is 0.170 e. The molecule has 0 radical (unpaired) electrons. The fourth-order valence-electron chi connectivity index (χ4n) is 2.30. The van der Waals surface area contributed by atoms with Gasteiger partial charge in [0.05, 0.1) is 0 Å². The van der Waals surface area contributed by atoms with Gasteiger partial charge >= 0.3 is 0 Å². The molecule has 0 saturated heterocycles. The van der Waals surface area contributed by atoms with E-state index < -0.39 is 0 Å². The summed E-state index contributed by atoms with van der Waals surface area (Å²) in [6.45, 7) is 4.20. The van der Waals surface area contributed by atoms with E-state index in [0.29, 0.717) is 5.78 Å². The normalized spacial score (nSPS) is 19.7. The van der Waals surface area contributed by atoms with Gasteiger partial charge in [0.15, 0.2) is 5.78 Å². The Morgan fingerprint density at radius 3 is 2.60 bits per heavy atom. The van der Waals surface area contributed by atoms with E-state index in [-0.39, 0.29) is 5.92 Å². The zero-order valence-corrected chi connectivity index (χ0v) is 9.29. The fraction of sp³-hybridized carbons (Fsp3) is 0.357. The van der Waals surface area contributed by atoms with Crippen LogP contribution in [0.25, 0.3) is 6.08 Å². The van der Waals surface area contributed by atoms with Gasteiger partial charge in [-0.2, -0.15) is 0 Å². The second-order valence-electron chi connectivity index (χ2n) is 3.99. The molecule has 0 heterocycles. The van der Waals surface area contributed by atoms with Gasteiger partial charge in [-0.15, -0.1) is 0 Å². The molecule has 1 aromatic carbocycles. The number of hydrogen-bond acceptors (Lipinski definition) is 1. The van der Waals surface area contributed by atoms with E-state index >= 15 is 0 Å². The van der Waals surface area contributed by atoms with Gasteiger partial charge < -0.3 is 0 Å². The molecule has 1 aliphatic carbocycles. The average molecular weight is 200 g/mol. The van der Waals surface area contributed by atoms with Gasteiger partial charge in [0.25, 0.3) is 0 Å². The quantitative estimate of drug-likeness (QED) is 0.711. The third-order valence-electron chi connectivity index (χ3n) is 3.15. The maximum absolute atomic E-state index is 12.2. The van der Waals surface area contributed by atoms with Crippen LogP contribution in [0.5, 0.6) is 0 Å². The third-order valence-corrected chi connectivity index (χ3v) is 3.15. The van der Waals surface area contributed by atoms with E-state index in [1.165, 1.54) is 5.57 Å². The van der Waals surface area contributed by atoms with Crippen LogP contribution in [0.1, 0.15) is 42.6 Å². The van der Waals surface area contributed by atoms with Gasteiger partial charge in [0.2, 0.25) is 0 Å². The van der Waals surface area contributed by atoms with Crippen molar-refractivity contribution in [3.05, 3.63) is 41.0 Å². The van der Waals surface area contributed by atoms with Crippen molar-refractivity contribution >= 4 is 11.9 Å². The van der Waals surface area contributed by atoms with Gasteiger partial charge in [0.1, 0.15) is 0 Å². The van der Waals surface area contributed by atoms with E-state index in [1.807, 2.05) is 24.3 Å². The molecule has 0 saturated carbocycles. The van der Waals surface area contributed by atoms with Crippen molar-refractivity contribution in [1.29, 1.82) is 0 Å². The highest BCUT2D eigenvalue weighted by Gasteiger charge is 2.26. The zero-order valence-electron chi connectivity index (χ0n) is 9.29. The van der Waals surface area contributed by atoms with Crippen LogP contribution in [0, 0.1) is 5.92 Å². The Morgan fingerprint density at radius 1 is 1.20 bits per heavy atom. The molecule has 0 spiro atoms. The molecule has 0 aromatic heterocycles. The van der Waals surface area contributed by atoms with Crippen LogP contribution in [0.15, 0.2) is 29.8 Å². The molecule has 1 nitrogen and oxygen atoms in total. The first kappa shape index (κ1) is 10.2. The maximum atomic E-state index is 12.2. The number of fused-ring (bicyclic) bond motifs is 1. The van der Waals surface area contributed by atoms with Crippen LogP contribution in [-0.2, 0) is 0 Å². The number of carbonyl (C=O) groups excluding carboxylic acids is 1. The molecule has 1 aromatic rings. The lowest BCUT2D eigenvalue weighted by molar-refractivity contribution is 0.0933. The molecule has 1 unspecified atom stereocenters. The monoisotopic (exact) mass is 200 g/mol. The molecule has 0 N–H and O–H groups in total. The van der Waals surface area contributed by atoms with E-state index in [2.05, 4.69) is 19.9 Å². The number of benzene rings is 1. The van der Waals surface area contributed by atoms with Crippen LogP contribution < -0.4 is 0 Å². The molecule has 15 heavy (non-hydrogen) atoms. The zero-order chi connectivity index (χ0) is 10.8. The van der Waals surface area contributed by atoms with Gasteiger partial charge in [-0.3, -0.25) is 4.79 Å². The summed E-state index contributed by atoms with van der Waals surface area (Å²) in [5.74, 6) is 0.414. The second-order valence-corrected chi connectivity index (χ2v) is 3.99. The summed E-state index contributed by atoms with van der Waals surface area (Å²) in [7, 11) is 0.